The van der Waals surface area contributed by atoms with Gasteiger partial charge < -0.3 is 16.0 Å². The molecule has 2 aliphatic carbocycles. The van der Waals surface area contributed by atoms with E-state index in [4.69, 9.17) is 5.73 Å². The first kappa shape index (κ1) is 14.8. The molecule has 2 fully saturated rings. The molecule has 0 radical (unpaired) electrons. The largest absolute Gasteiger partial charge is 0.355 e. The summed E-state index contributed by atoms with van der Waals surface area (Å²) < 4.78 is 0. The Kier molecular flexibility index (Phi) is 5.64. The molecule has 0 spiro atoms. The number of nitrogens with two attached hydrogens (primary N) is 1. The van der Waals surface area contributed by atoms with Gasteiger partial charge in [-0.15, -0.1) is 0 Å². The first-order valence-corrected chi connectivity index (χ1v) is 7.90. The normalized spacial score (nSPS) is 28.2. The first-order chi connectivity index (χ1) is 9.22. The van der Waals surface area contributed by atoms with Crippen LogP contribution in [0.4, 0.5) is 0 Å². The molecule has 110 valence electrons. The van der Waals surface area contributed by atoms with Crippen LogP contribution in [0, 0.1) is 11.8 Å². The highest BCUT2D eigenvalue weighted by Gasteiger charge is 2.31. The molecule has 0 heterocycles. The Labute approximate surface area is 117 Å². The second-order valence-corrected chi connectivity index (χ2v) is 6.24. The lowest BCUT2D eigenvalue weighted by molar-refractivity contribution is -0.126. The summed E-state index contributed by atoms with van der Waals surface area (Å²) in [5.41, 5.74) is 5.73. The lowest BCUT2D eigenvalue weighted by Crippen LogP contribution is -2.40. The molecule has 3 N–H and O–H groups in total. The monoisotopic (exact) mass is 267 g/mol. The van der Waals surface area contributed by atoms with Gasteiger partial charge in [-0.1, -0.05) is 19.3 Å². The minimum absolute atomic E-state index is 0.168. The van der Waals surface area contributed by atoms with Crippen molar-refractivity contribution >= 4 is 5.91 Å². The van der Waals surface area contributed by atoms with Gasteiger partial charge >= 0.3 is 0 Å². The van der Waals surface area contributed by atoms with E-state index in [1.165, 1.54) is 25.7 Å². The number of nitrogens with zero attached hydrogens (tertiary/aromatic N) is 1. The lowest BCUT2D eigenvalue weighted by atomic mass is 9.95. The molecule has 2 rings (SSSR count). The number of nitrogens with one attached hydrogen (secondary N) is 1. The van der Waals surface area contributed by atoms with Crippen LogP contribution in [0.15, 0.2) is 0 Å². The van der Waals surface area contributed by atoms with Gasteiger partial charge in [-0.25, -0.2) is 0 Å². The zero-order chi connectivity index (χ0) is 13.7. The van der Waals surface area contributed by atoms with E-state index >= 15 is 0 Å². The third-order valence-corrected chi connectivity index (χ3v) is 5.01. The zero-order valence-corrected chi connectivity index (χ0v) is 12.2. The molecule has 19 heavy (non-hydrogen) atoms. The summed E-state index contributed by atoms with van der Waals surface area (Å²) in [6.07, 6.45) is 8.67. The molecule has 0 aliphatic heterocycles. The Hall–Kier alpha value is -0.610. The van der Waals surface area contributed by atoms with Crippen molar-refractivity contribution in [3.63, 3.8) is 0 Å². The quantitative estimate of drug-likeness (QED) is 0.764. The molecule has 2 atom stereocenters. The second-order valence-electron chi connectivity index (χ2n) is 6.24. The van der Waals surface area contributed by atoms with E-state index in [-0.39, 0.29) is 11.8 Å². The average molecular weight is 267 g/mol. The maximum Gasteiger partial charge on any atom is 0.223 e. The molecule has 0 saturated heterocycles. The second kappa shape index (κ2) is 7.25. The van der Waals surface area contributed by atoms with Crippen molar-refractivity contribution in [3.8, 4) is 0 Å². The fourth-order valence-electron chi connectivity index (χ4n) is 3.68. The van der Waals surface area contributed by atoms with E-state index in [0.29, 0.717) is 12.5 Å². The SMILES string of the molecule is CN(CCNC(=O)C1CCCC1CN)C1CCCC1. The number of rotatable bonds is 6. The minimum Gasteiger partial charge on any atom is -0.355 e. The van der Waals surface area contributed by atoms with Crippen molar-refractivity contribution in [1.29, 1.82) is 0 Å². The van der Waals surface area contributed by atoms with Crippen LogP contribution in [-0.2, 0) is 4.79 Å². The smallest absolute Gasteiger partial charge is 0.223 e. The molecule has 4 nitrogen and oxygen atoms in total. The van der Waals surface area contributed by atoms with Crippen LogP contribution < -0.4 is 11.1 Å². The van der Waals surface area contributed by atoms with Crippen LogP contribution in [0.2, 0.25) is 0 Å². The predicted octanol–water partition coefficient (Wildman–Crippen LogP) is 1.35. The van der Waals surface area contributed by atoms with Crippen LogP contribution in [-0.4, -0.2) is 43.5 Å². The van der Waals surface area contributed by atoms with Gasteiger partial charge in [0.05, 0.1) is 0 Å². The van der Waals surface area contributed by atoms with Crippen LogP contribution in [0.1, 0.15) is 44.9 Å². The van der Waals surface area contributed by atoms with E-state index in [9.17, 15) is 4.79 Å². The molecular formula is C15H29N3O. The van der Waals surface area contributed by atoms with Gasteiger partial charge in [0.25, 0.3) is 0 Å². The first-order valence-electron chi connectivity index (χ1n) is 7.90. The van der Waals surface area contributed by atoms with Crippen molar-refractivity contribution in [2.45, 2.75) is 51.0 Å². The fraction of sp³-hybridized carbons (Fsp3) is 0.933. The van der Waals surface area contributed by atoms with E-state index < -0.39 is 0 Å². The predicted molar refractivity (Wildman–Crippen MR) is 77.8 cm³/mol. The third kappa shape index (κ3) is 3.93. The molecular weight excluding hydrogens is 238 g/mol. The summed E-state index contributed by atoms with van der Waals surface area (Å²) in [5, 5.41) is 3.11. The van der Waals surface area contributed by atoms with Crippen LogP contribution in [0.25, 0.3) is 0 Å². The van der Waals surface area contributed by atoms with Gasteiger partial charge in [-0.05, 0) is 45.2 Å². The van der Waals surface area contributed by atoms with E-state index in [0.717, 1.165) is 38.4 Å². The van der Waals surface area contributed by atoms with Gasteiger partial charge in [0.15, 0.2) is 0 Å². The van der Waals surface area contributed by atoms with Gasteiger partial charge in [0, 0.05) is 25.0 Å². The van der Waals surface area contributed by atoms with Crippen LogP contribution in [0.3, 0.4) is 0 Å². The van der Waals surface area contributed by atoms with Crippen LogP contribution >= 0.6 is 0 Å². The standard InChI is InChI=1S/C15H29N3O/c1-18(13-6-2-3-7-13)10-9-17-15(19)14-8-4-5-12(14)11-16/h12-14H,2-11,16H2,1H3,(H,17,19). The Morgan fingerprint density at radius 1 is 1.21 bits per heavy atom. The van der Waals surface area contributed by atoms with Crippen molar-refractivity contribution < 1.29 is 4.79 Å². The van der Waals surface area contributed by atoms with Crippen molar-refractivity contribution in [3.05, 3.63) is 0 Å². The maximum atomic E-state index is 12.1. The summed E-state index contributed by atoms with van der Waals surface area (Å²) >= 11 is 0. The molecule has 0 aromatic rings. The number of carbonyl (C=O) groups is 1. The van der Waals surface area contributed by atoms with Gasteiger partial charge in [-0.3, -0.25) is 4.79 Å². The molecule has 0 aromatic carbocycles. The van der Waals surface area contributed by atoms with Gasteiger partial charge in [-0.2, -0.15) is 0 Å². The number of hydrogen-bond acceptors (Lipinski definition) is 3. The molecule has 2 saturated carbocycles. The molecule has 1 amide bonds. The number of carbonyl (C=O) groups excluding carboxylic acids is 1. The van der Waals surface area contributed by atoms with Gasteiger partial charge in [0.2, 0.25) is 5.91 Å². The molecule has 4 heteroatoms. The molecule has 0 aromatic heterocycles. The summed E-state index contributed by atoms with van der Waals surface area (Å²) in [6, 6.07) is 0.736. The summed E-state index contributed by atoms with van der Waals surface area (Å²) in [4.78, 5) is 14.5. The average Bonchev–Trinajstić information content (AvgIpc) is 3.09. The fourth-order valence-corrected chi connectivity index (χ4v) is 3.68. The highest BCUT2D eigenvalue weighted by Crippen LogP contribution is 2.30. The lowest BCUT2D eigenvalue weighted by Gasteiger charge is -2.24. The van der Waals surface area contributed by atoms with Crippen molar-refractivity contribution in [2.24, 2.45) is 17.6 Å². The highest BCUT2D eigenvalue weighted by molar-refractivity contribution is 5.79. The summed E-state index contributed by atoms with van der Waals surface area (Å²) in [7, 11) is 2.18. The Morgan fingerprint density at radius 2 is 1.95 bits per heavy atom. The number of amides is 1. The maximum absolute atomic E-state index is 12.1. The Morgan fingerprint density at radius 3 is 2.63 bits per heavy atom. The van der Waals surface area contributed by atoms with E-state index in [2.05, 4.69) is 17.3 Å². The molecule has 2 aliphatic rings. The van der Waals surface area contributed by atoms with E-state index in [1.807, 2.05) is 0 Å². The minimum atomic E-state index is 0.168. The van der Waals surface area contributed by atoms with Gasteiger partial charge in [0.1, 0.15) is 0 Å². The number of likely N-dealkylation sites (N-methyl/N-ethyl adjacent to an activating group) is 1. The van der Waals surface area contributed by atoms with E-state index in [1.54, 1.807) is 0 Å². The summed E-state index contributed by atoms with van der Waals surface area (Å²) in [6.45, 7) is 2.40. The number of hydrogen-bond donors (Lipinski definition) is 2. The Bertz CT molecular complexity index is 289. The van der Waals surface area contributed by atoms with Crippen LogP contribution in [0.5, 0.6) is 0 Å². The van der Waals surface area contributed by atoms with Crippen molar-refractivity contribution in [2.75, 3.05) is 26.7 Å². The zero-order valence-electron chi connectivity index (χ0n) is 12.2. The molecule has 0 bridgehead atoms. The summed E-state index contributed by atoms with van der Waals surface area (Å²) in [5.74, 6) is 0.808. The molecule has 2 unspecified atom stereocenters. The highest BCUT2D eigenvalue weighted by atomic mass is 16.1. The topological polar surface area (TPSA) is 58.4 Å². The van der Waals surface area contributed by atoms with Crippen molar-refractivity contribution in [1.82, 2.24) is 10.2 Å². The third-order valence-electron chi connectivity index (χ3n) is 5.01. The Balaban J connectivity index is 1.65.